The molecule has 1 saturated heterocycles. The number of methoxy groups -OCH3 is 1. The van der Waals surface area contributed by atoms with Gasteiger partial charge in [-0.15, -0.1) is 0 Å². The molecule has 3 atom stereocenters. The number of benzene rings is 2. The van der Waals surface area contributed by atoms with Crippen molar-refractivity contribution in [3.05, 3.63) is 65.0 Å². The van der Waals surface area contributed by atoms with E-state index in [1.165, 1.54) is 11.0 Å². The van der Waals surface area contributed by atoms with Gasteiger partial charge < -0.3 is 14.7 Å². The molecule has 1 fully saturated rings. The number of aliphatic hydroxyl groups excluding tert-OH is 1. The topological polar surface area (TPSA) is 73.8 Å². The molecule has 0 radical (unpaired) electrons. The van der Waals surface area contributed by atoms with Gasteiger partial charge in [0.25, 0.3) is 0 Å². The monoisotopic (exact) mass is 387 g/mol. The van der Waals surface area contributed by atoms with Gasteiger partial charge in [0.1, 0.15) is 17.6 Å². The van der Waals surface area contributed by atoms with E-state index in [-0.39, 0.29) is 24.3 Å². The van der Waals surface area contributed by atoms with Crippen LogP contribution in [0.2, 0.25) is 0 Å². The van der Waals surface area contributed by atoms with E-state index in [9.17, 15) is 14.3 Å². The van der Waals surface area contributed by atoms with Gasteiger partial charge >= 0.3 is 0 Å². The third-order valence-electron chi connectivity index (χ3n) is 5.11. The number of nitrogens with zero attached hydrogens (tertiary/aromatic N) is 1. The molecule has 150 valence electrons. The fourth-order valence-corrected chi connectivity index (χ4v) is 3.37. The van der Waals surface area contributed by atoms with Gasteiger partial charge in [0.05, 0.1) is 19.8 Å². The molecule has 3 unspecified atom stereocenters. The zero-order valence-electron chi connectivity index (χ0n) is 16.3. The summed E-state index contributed by atoms with van der Waals surface area (Å²) < 4.78 is 18.6. The summed E-state index contributed by atoms with van der Waals surface area (Å²) in [5, 5.41) is 10.4. The Morgan fingerprint density at radius 3 is 2.64 bits per heavy atom. The van der Waals surface area contributed by atoms with Gasteiger partial charge in [-0.3, -0.25) is 4.79 Å². The van der Waals surface area contributed by atoms with E-state index in [1.54, 1.807) is 57.5 Å². The van der Waals surface area contributed by atoms with Crippen molar-refractivity contribution in [1.29, 1.82) is 0 Å². The maximum absolute atomic E-state index is 13.5. The number of likely N-dealkylation sites (N-methyl/N-ethyl adjacent to an activating group) is 1. The lowest BCUT2D eigenvalue weighted by atomic mass is 9.99. The lowest BCUT2D eigenvalue weighted by molar-refractivity contribution is -0.133. The Labute approximate surface area is 164 Å². The summed E-state index contributed by atoms with van der Waals surface area (Å²) in [6.07, 6.45) is -0.239. The summed E-state index contributed by atoms with van der Waals surface area (Å²) in [6, 6.07) is 11.6. The Kier molecular flexibility index (Phi) is 6.28. The highest BCUT2D eigenvalue weighted by Crippen LogP contribution is 2.25. The average molecular weight is 387 g/mol. The first-order chi connectivity index (χ1) is 13.4. The van der Waals surface area contributed by atoms with E-state index in [0.29, 0.717) is 17.7 Å². The van der Waals surface area contributed by atoms with Crippen molar-refractivity contribution in [3.63, 3.8) is 0 Å². The number of hydrogen-bond donors (Lipinski definition) is 3. The van der Waals surface area contributed by atoms with Crippen molar-refractivity contribution in [2.75, 3.05) is 20.7 Å². The van der Waals surface area contributed by atoms with E-state index in [2.05, 4.69) is 10.9 Å². The molecule has 0 saturated carbocycles. The number of hydrazine groups is 1. The number of aliphatic hydroxyl groups is 1. The van der Waals surface area contributed by atoms with Crippen LogP contribution >= 0.6 is 0 Å². The number of ether oxygens (including phenoxy) is 1. The summed E-state index contributed by atoms with van der Waals surface area (Å²) in [4.78, 5) is 14.3. The Morgan fingerprint density at radius 2 is 2.00 bits per heavy atom. The van der Waals surface area contributed by atoms with Crippen LogP contribution < -0.4 is 15.6 Å². The molecule has 2 aromatic carbocycles. The number of halogens is 1. The second kappa shape index (κ2) is 8.68. The summed E-state index contributed by atoms with van der Waals surface area (Å²) in [5.74, 6) is 0.361. The van der Waals surface area contributed by atoms with Crippen LogP contribution in [-0.2, 0) is 4.79 Å². The molecular formula is C21H26FN3O3. The zero-order chi connectivity index (χ0) is 20.3. The van der Waals surface area contributed by atoms with Crippen LogP contribution in [0.4, 0.5) is 4.39 Å². The Hall–Kier alpha value is -2.48. The largest absolute Gasteiger partial charge is 0.497 e. The predicted octanol–water partition coefficient (Wildman–Crippen LogP) is 2.24. The van der Waals surface area contributed by atoms with E-state index >= 15 is 0 Å². The minimum Gasteiger partial charge on any atom is -0.497 e. The molecule has 1 aliphatic rings. The Bertz CT molecular complexity index is 828. The van der Waals surface area contributed by atoms with E-state index < -0.39 is 12.1 Å². The lowest BCUT2D eigenvalue weighted by Crippen LogP contribution is -2.45. The first kappa shape index (κ1) is 20.3. The van der Waals surface area contributed by atoms with E-state index in [1.807, 2.05) is 0 Å². The highest BCUT2D eigenvalue weighted by molar-refractivity contribution is 5.82. The zero-order valence-corrected chi connectivity index (χ0v) is 16.3. The third-order valence-corrected chi connectivity index (χ3v) is 5.11. The molecule has 0 aromatic heterocycles. The van der Waals surface area contributed by atoms with Crippen LogP contribution in [0.5, 0.6) is 5.75 Å². The SMILES string of the molecule is COc1ccc(C(O)CN(C)C(=O)C2CC(c3ccc(F)c(C)c3)NN2)cc1. The van der Waals surface area contributed by atoms with Gasteiger partial charge in [0, 0.05) is 13.1 Å². The number of nitrogens with one attached hydrogen (secondary N) is 2. The first-order valence-electron chi connectivity index (χ1n) is 9.23. The molecule has 0 aliphatic carbocycles. The van der Waals surface area contributed by atoms with Gasteiger partial charge in [0.15, 0.2) is 0 Å². The van der Waals surface area contributed by atoms with Crippen LogP contribution in [-0.4, -0.2) is 42.7 Å². The van der Waals surface area contributed by atoms with E-state index in [4.69, 9.17) is 4.74 Å². The fraction of sp³-hybridized carbons (Fsp3) is 0.381. The molecular weight excluding hydrogens is 361 g/mol. The molecule has 2 aromatic rings. The number of carbonyl (C=O) groups is 1. The Morgan fingerprint density at radius 1 is 1.29 bits per heavy atom. The summed E-state index contributed by atoms with van der Waals surface area (Å²) in [7, 11) is 3.26. The summed E-state index contributed by atoms with van der Waals surface area (Å²) in [5.41, 5.74) is 8.35. The number of rotatable bonds is 6. The van der Waals surface area contributed by atoms with Gasteiger partial charge in [-0.2, -0.15) is 0 Å². The highest BCUT2D eigenvalue weighted by Gasteiger charge is 2.32. The van der Waals surface area contributed by atoms with Gasteiger partial charge in [-0.1, -0.05) is 24.3 Å². The molecule has 1 amide bonds. The number of amides is 1. The molecule has 3 rings (SSSR count). The molecule has 1 aliphatic heterocycles. The summed E-state index contributed by atoms with van der Waals surface area (Å²) >= 11 is 0. The second-order valence-corrected chi connectivity index (χ2v) is 7.15. The molecule has 7 heteroatoms. The second-order valence-electron chi connectivity index (χ2n) is 7.15. The molecule has 0 bridgehead atoms. The quantitative estimate of drug-likeness (QED) is 0.709. The molecule has 28 heavy (non-hydrogen) atoms. The van der Waals surface area contributed by atoms with Crippen LogP contribution in [0.3, 0.4) is 0 Å². The molecule has 1 heterocycles. The normalized spacial score (nSPS) is 20.0. The maximum Gasteiger partial charge on any atom is 0.240 e. The average Bonchev–Trinajstić information content (AvgIpc) is 3.19. The van der Waals surface area contributed by atoms with Crippen molar-refractivity contribution < 1.29 is 19.0 Å². The number of hydrogen-bond acceptors (Lipinski definition) is 5. The van der Waals surface area contributed by atoms with Crippen molar-refractivity contribution in [3.8, 4) is 5.75 Å². The first-order valence-corrected chi connectivity index (χ1v) is 9.23. The fourth-order valence-electron chi connectivity index (χ4n) is 3.37. The van der Waals surface area contributed by atoms with Gasteiger partial charge in [-0.05, 0) is 48.2 Å². The Balaban J connectivity index is 1.58. The van der Waals surface area contributed by atoms with Gasteiger partial charge in [-0.25, -0.2) is 15.2 Å². The number of aryl methyl sites for hydroxylation is 1. The van der Waals surface area contributed by atoms with Crippen LogP contribution in [0.1, 0.15) is 35.3 Å². The molecule has 3 N–H and O–H groups in total. The molecule has 0 spiro atoms. The third kappa shape index (κ3) is 4.49. The lowest BCUT2D eigenvalue weighted by Gasteiger charge is -2.24. The van der Waals surface area contributed by atoms with Gasteiger partial charge in [0.2, 0.25) is 5.91 Å². The van der Waals surface area contributed by atoms with Crippen molar-refractivity contribution in [2.24, 2.45) is 0 Å². The van der Waals surface area contributed by atoms with Crippen molar-refractivity contribution in [1.82, 2.24) is 15.8 Å². The smallest absolute Gasteiger partial charge is 0.240 e. The predicted molar refractivity (Wildman–Crippen MR) is 104 cm³/mol. The van der Waals surface area contributed by atoms with Crippen LogP contribution in [0.15, 0.2) is 42.5 Å². The highest BCUT2D eigenvalue weighted by atomic mass is 19.1. The van der Waals surface area contributed by atoms with Crippen molar-refractivity contribution in [2.45, 2.75) is 31.5 Å². The summed E-state index contributed by atoms with van der Waals surface area (Å²) in [6.45, 7) is 1.90. The van der Waals surface area contributed by atoms with Crippen LogP contribution in [0, 0.1) is 12.7 Å². The molecule has 6 nitrogen and oxygen atoms in total. The number of carbonyl (C=O) groups excluding carboxylic acids is 1. The standard InChI is InChI=1S/C21H26FN3O3/c1-13-10-15(6-9-17(13)22)18-11-19(24-23-18)21(27)25(2)12-20(26)14-4-7-16(28-3)8-5-14/h4-10,18-20,23-24,26H,11-12H2,1-3H3. The minimum absolute atomic E-state index is 0.0758. The van der Waals surface area contributed by atoms with Crippen LogP contribution in [0.25, 0.3) is 0 Å². The minimum atomic E-state index is -0.787. The maximum atomic E-state index is 13.5. The van der Waals surface area contributed by atoms with Crippen molar-refractivity contribution >= 4 is 5.91 Å². The van der Waals surface area contributed by atoms with E-state index in [0.717, 1.165) is 11.1 Å².